The van der Waals surface area contributed by atoms with Crippen molar-refractivity contribution in [3.8, 4) is 0 Å². The number of nitrogens with zero attached hydrogens (tertiary/aromatic N) is 3. The monoisotopic (exact) mass is 269 g/mol. The predicted octanol–water partition coefficient (Wildman–Crippen LogP) is 2.03. The van der Waals surface area contributed by atoms with Gasteiger partial charge in [-0.05, 0) is 29.6 Å². The molecule has 0 fully saturated rings. The second kappa shape index (κ2) is 5.52. The number of methoxy groups -OCH3 is 1. The van der Waals surface area contributed by atoms with Gasteiger partial charge in [0.2, 0.25) is 0 Å². The molecule has 0 bridgehead atoms. The summed E-state index contributed by atoms with van der Waals surface area (Å²) in [5.74, 6) is -0.657. The number of sulfonamides is 1. The van der Waals surface area contributed by atoms with Crippen molar-refractivity contribution in [2.45, 2.75) is 18.2 Å². The molecule has 0 unspecified atom stereocenters. The van der Waals surface area contributed by atoms with Crippen LogP contribution in [-0.2, 0) is 21.2 Å². The molecule has 0 atom stereocenters. The van der Waals surface area contributed by atoms with Crippen molar-refractivity contribution in [1.82, 2.24) is 0 Å². The summed E-state index contributed by atoms with van der Waals surface area (Å²) < 4.78 is 30.7. The molecule has 0 saturated heterocycles. The standard InChI is InChI=1S/C10H11N3O4S/c1-3-7-4-5-8(10(14)17-2)6-9(7)18(15,16)13-12-11/h4-6H,3H2,1-2H3. The number of hydrogen-bond donors (Lipinski definition) is 0. The van der Waals surface area contributed by atoms with E-state index in [4.69, 9.17) is 5.53 Å². The van der Waals surface area contributed by atoms with E-state index >= 15 is 0 Å². The van der Waals surface area contributed by atoms with Gasteiger partial charge in [0.1, 0.15) is 0 Å². The number of azide groups is 1. The van der Waals surface area contributed by atoms with E-state index in [1.54, 1.807) is 6.92 Å². The Morgan fingerprint density at radius 3 is 2.67 bits per heavy atom. The molecule has 8 heteroatoms. The third-order valence-electron chi connectivity index (χ3n) is 2.29. The third-order valence-corrected chi connectivity index (χ3v) is 3.51. The van der Waals surface area contributed by atoms with E-state index in [0.29, 0.717) is 12.0 Å². The quantitative estimate of drug-likeness (QED) is 0.360. The van der Waals surface area contributed by atoms with Crippen LogP contribution in [0.15, 0.2) is 27.6 Å². The first-order valence-electron chi connectivity index (χ1n) is 4.99. The number of ether oxygens (including phenoxy) is 1. The average Bonchev–Trinajstić information content (AvgIpc) is 2.37. The van der Waals surface area contributed by atoms with Crippen LogP contribution in [0.2, 0.25) is 0 Å². The van der Waals surface area contributed by atoms with Gasteiger partial charge in [-0.3, -0.25) is 0 Å². The van der Waals surface area contributed by atoms with Gasteiger partial charge in [-0.1, -0.05) is 13.0 Å². The van der Waals surface area contributed by atoms with Gasteiger partial charge in [-0.15, -0.1) is 0 Å². The molecule has 18 heavy (non-hydrogen) atoms. The van der Waals surface area contributed by atoms with E-state index < -0.39 is 16.0 Å². The minimum Gasteiger partial charge on any atom is -0.465 e. The van der Waals surface area contributed by atoms with Crippen LogP contribution in [0.1, 0.15) is 22.8 Å². The summed E-state index contributed by atoms with van der Waals surface area (Å²) in [5, 5.41) is 0. The average molecular weight is 269 g/mol. The molecule has 0 radical (unpaired) electrons. The Morgan fingerprint density at radius 1 is 1.50 bits per heavy atom. The highest BCUT2D eigenvalue weighted by Crippen LogP contribution is 2.21. The Labute approximate surface area is 104 Å². The first-order chi connectivity index (χ1) is 8.46. The van der Waals surface area contributed by atoms with Gasteiger partial charge in [-0.2, -0.15) is 0 Å². The Morgan fingerprint density at radius 2 is 2.17 bits per heavy atom. The first kappa shape index (κ1) is 14.0. The van der Waals surface area contributed by atoms with E-state index in [1.165, 1.54) is 19.2 Å². The van der Waals surface area contributed by atoms with E-state index in [9.17, 15) is 13.2 Å². The van der Waals surface area contributed by atoms with Crippen LogP contribution in [0.5, 0.6) is 0 Å². The number of carbonyl (C=O) groups is 1. The number of esters is 1. The molecule has 0 aliphatic heterocycles. The van der Waals surface area contributed by atoms with Gasteiger partial charge in [0.25, 0.3) is 10.0 Å². The second-order valence-corrected chi connectivity index (χ2v) is 4.87. The number of carbonyl (C=O) groups excluding carboxylic acids is 1. The molecule has 0 heterocycles. The van der Waals surface area contributed by atoms with Gasteiger partial charge in [0.15, 0.2) is 0 Å². The number of rotatable bonds is 4. The fourth-order valence-electron chi connectivity index (χ4n) is 1.42. The van der Waals surface area contributed by atoms with Gasteiger partial charge >= 0.3 is 5.97 Å². The summed E-state index contributed by atoms with van der Waals surface area (Å²) in [6.45, 7) is 1.75. The van der Waals surface area contributed by atoms with E-state index in [0.717, 1.165) is 6.07 Å². The van der Waals surface area contributed by atoms with Crippen molar-refractivity contribution in [3.05, 3.63) is 39.8 Å². The molecule has 0 aliphatic rings. The fourth-order valence-corrected chi connectivity index (χ4v) is 2.43. The molecule has 1 aromatic carbocycles. The lowest BCUT2D eigenvalue weighted by Crippen LogP contribution is -2.06. The lowest BCUT2D eigenvalue weighted by Gasteiger charge is -2.07. The summed E-state index contributed by atoms with van der Waals surface area (Å²) in [4.78, 5) is 13.4. The van der Waals surface area contributed by atoms with Gasteiger partial charge < -0.3 is 4.74 Å². The SMILES string of the molecule is CCc1ccc(C(=O)OC)cc1S(=O)(=O)N=[N+]=[N-]. The smallest absolute Gasteiger partial charge is 0.337 e. The molecule has 7 nitrogen and oxygen atoms in total. The van der Waals surface area contributed by atoms with E-state index in [1.807, 2.05) is 0 Å². The zero-order valence-electron chi connectivity index (χ0n) is 9.82. The Hall–Kier alpha value is -2.05. The summed E-state index contributed by atoms with van der Waals surface area (Å²) in [7, 11) is -2.92. The molecule has 0 aromatic heterocycles. The van der Waals surface area contributed by atoms with Gasteiger partial charge in [0, 0.05) is 9.43 Å². The molecule has 1 aromatic rings. The Kier molecular flexibility index (Phi) is 4.30. The topological polar surface area (TPSA) is 109 Å². The molecule has 0 spiro atoms. The van der Waals surface area contributed by atoms with Crippen molar-refractivity contribution in [2.24, 2.45) is 4.52 Å². The molecule has 0 amide bonds. The van der Waals surface area contributed by atoms with Gasteiger partial charge in [0.05, 0.1) is 17.6 Å². The minimum absolute atomic E-state index is 0.0846. The largest absolute Gasteiger partial charge is 0.465 e. The summed E-state index contributed by atoms with van der Waals surface area (Å²) in [6.07, 6.45) is 0.428. The number of benzene rings is 1. The van der Waals surface area contributed by atoms with E-state index in [2.05, 4.69) is 14.2 Å². The first-order valence-corrected chi connectivity index (χ1v) is 6.43. The lowest BCUT2D eigenvalue weighted by atomic mass is 10.1. The van der Waals surface area contributed by atoms with Gasteiger partial charge in [-0.25, -0.2) is 13.2 Å². The molecule has 1 rings (SSSR count). The highest BCUT2D eigenvalue weighted by molar-refractivity contribution is 7.90. The highest BCUT2D eigenvalue weighted by atomic mass is 32.2. The van der Waals surface area contributed by atoms with Crippen molar-refractivity contribution < 1.29 is 17.9 Å². The second-order valence-electron chi connectivity index (χ2n) is 3.31. The van der Waals surface area contributed by atoms with Crippen molar-refractivity contribution >= 4 is 16.0 Å². The van der Waals surface area contributed by atoms with Crippen LogP contribution in [0, 0.1) is 0 Å². The van der Waals surface area contributed by atoms with Crippen LogP contribution < -0.4 is 0 Å². The summed E-state index contributed by atoms with van der Waals surface area (Å²) >= 11 is 0. The lowest BCUT2D eigenvalue weighted by molar-refractivity contribution is 0.0600. The fraction of sp³-hybridized carbons (Fsp3) is 0.300. The predicted molar refractivity (Wildman–Crippen MR) is 63.5 cm³/mol. The number of hydrogen-bond acceptors (Lipinski definition) is 4. The maximum Gasteiger partial charge on any atom is 0.337 e. The zero-order valence-corrected chi connectivity index (χ0v) is 10.6. The van der Waals surface area contributed by atoms with E-state index in [-0.39, 0.29) is 10.5 Å². The normalized spacial score (nSPS) is 10.6. The summed E-state index contributed by atoms with van der Waals surface area (Å²) in [5.41, 5.74) is 8.79. The van der Waals surface area contributed by atoms with Crippen molar-refractivity contribution in [3.63, 3.8) is 0 Å². The molecular weight excluding hydrogens is 258 g/mol. The minimum atomic E-state index is -4.12. The van der Waals surface area contributed by atoms with Crippen molar-refractivity contribution in [1.29, 1.82) is 0 Å². The molecule has 0 saturated carbocycles. The van der Waals surface area contributed by atoms with Crippen LogP contribution >= 0.6 is 0 Å². The zero-order chi connectivity index (χ0) is 13.8. The molecule has 0 N–H and O–H groups in total. The Balaban J connectivity index is 3.49. The number of aryl methyl sites for hydroxylation is 1. The summed E-state index contributed by atoms with van der Waals surface area (Å²) in [6, 6.07) is 4.10. The molecular formula is C10H11N3O4S. The van der Waals surface area contributed by atoms with Crippen molar-refractivity contribution in [2.75, 3.05) is 7.11 Å². The van der Waals surface area contributed by atoms with Crippen LogP contribution in [0.25, 0.3) is 10.4 Å². The maximum atomic E-state index is 11.7. The van der Waals surface area contributed by atoms with Crippen LogP contribution in [0.3, 0.4) is 0 Å². The Bertz CT molecular complexity index is 618. The third kappa shape index (κ3) is 2.79. The molecule has 96 valence electrons. The van der Waals surface area contributed by atoms with Crippen LogP contribution in [0.4, 0.5) is 0 Å². The highest BCUT2D eigenvalue weighted by Gasteiger charge is 2.19. The molecule has 0 aliphatic carbocycles. The van der Waals surface area contributed by atoms with Crippen LogP contribution in [-0.4, -0.2) is 21.5 Å². The maximum absolute atomic E-state index is 11.7.